The Bertz CT molecular complexity index is 125. The predicted octanol–water partition coefficient (Wildman–Crippen LogP) is 3.85. The molecule has 0 saturated carbocycles. The number of halogens is 1. The number of hydrogen-bond acceptors (Lipinski definition) is 1. The number of rotatable bonds is 6. The molecule has 0 aliphatic heterocycles. The first-order valence-corrected chi connectivity index (χ1v) is 5.56. The summed E-state index contributed by atoms with van der Waals surface area (Å²) < 4.78 is 5.67. The van der Waals surface area contributed by atoms with Crippen LogP contribution in [-0.2, 0) is 4.74 Å². The first kappa shape index (κ1) is 13.2. The predicted molar refractivity (Wildman–Crippen MR) is 59.4 cm³/mol. The molecule has 0 aromatic heterocycles. The van der Waals surface area contributed by atoms with E-state index in [0.29, 0.717) is 0 Å². The van der Waals surface area contributed by atoms with Crippen molar-refractivity contribution in [3.63, 3.8) is 0 Å². The monoisotopic (exact) mass is 206 g/mol. The van der Waals surface area contributed by atoms with Gasteiger partial charge in [0.15, 0.2) is 0 Å². The largest absolute Gasteiger partial charge is 0.376 e. The van der Waals surface area contributed by atoms with Crippen LogP contribution in [0.5, 0.6) is 0 Å². The van der Waals surface area contributed by atoms with Crippen LogP contribution in [0.1, 0.15) is 47.5 Å². The standard InChI is InChI=1S/C11H23ClO/c1-6-13-11(4,5)9-10(2,3)7-8-12/h6-9H2,1-5H3. The summed E-state index contributed by atoms with van der Waals surface area (Å²) >= 11 is 5.75. The third kappa shape index (κ3) is 6.34. The molecule has 0 aliphatic rings. The average Bonchev–Trinajstić information content (AvgIpc) is 1.82. The van der Waals surface area contributed by atoms with Gasteiger partial charge in [0.1, 0.15) is 0 Å². The molecule has 0 saturated heterocycles. The minimum Gasteiger partial charge on any atom is -0.376 e. The van der Waals surface area contributed by atoms with Gasteiger partial charge >= 0.3 is 0 Å². The number of ether oxygens (including phenoxy) is 1. The Morgan fingerprint density at radius 1 is 1.15 bits per heavy atom. The third-order valence-electron chi connectivity index (χ3n) is 2.21. The number of alkyl halides is 1. The van der Waals surface area contributed by atoms with Gasteiger partial charge in [-0.1, -0.05) is 13.8 Å². The van der Waals surface area contributed by atoms with E-state index in [2.05, 4.69) is 27.7 Å². The van der Waals surface area contributed by atoms with Gasteiger partial charge in [-0.3, -0.25) is 0 Å². The maximum Gasteiger partial charge on any atom is 0.0631 e. The highest BCUT2D eigenvalue weighted by Crippen LogP contribution is 2.33. The van der Waals surface area contributed by atoms with Crippen molar-refractivity contribution < 1.29 is 4.74 Å². The van der Waals surface area contributed by atoms with E-state index in [0.717, 1.165) is 25.3 Å². The van der Waals surface area contributed by atoms with Gasteiger partial charge in [-0.15, -0.1) is 11.6 Å². The summed E-state index contributed by atoms with van der Waals surface area (Å²) in [5.41, 5.74) is 0.255. The second-order valence-corrected chi connectivity index (χ2v) is 5.35. The fourth-order valence-electron chi connectivity index (χ4n) is 1.94. The Kier molecular flexibility index (Phi) is 5.31. The SMILES string of the molecule is CCOC(C)(C)CC(C)(C)CCCl. The lowest BCUT2D eigenvalue weighted by atomic mass is 9.80. The zero-order valence-electron chi connectivity index (χ0n) is 9.61. The quantitative estimate of drug-likeness (QED) is 0.600. The molecule has 13 heavy (non-hydrogen) atoms. The average molecular weight is 207 g/mol. The van der Waals surface area contributed by atoms with Crippen molar-refractivity contribution in [2.24, 2.45) is 5.41 Å². The molecular weight excluding hydrogens is 184 g/mol. The third-order valence-corrected chi connectivity index (χ3v) is 2.40. The highest BCUT2D eigenvalue weighted by Gasteiger charge is 2.28. The molecule has 0 atom stereocenters. The molecule has 0 aliphatic carbocycles. The first-order valence-electron chi connectivity index (χ1n) is 5.03. The summed E-state index contributed by atoms with van der Waals surface area (Å²) in [7, 11) is 0. The first-order chi connectivity index (χ1) is 5.83. The minimum atomic E-state index is -0.0235. The summed E-state index contributed by atoms with van der Waals surface area (Å²) in [4.78, 5) is 0. The Balaban J connectivity index is 4.07. The molecule has 0 bridgehead atoms. The molecule has 0 rings (SSSR count). The lowest BCUT2D eigenvalue weighted by Crippen LogP contribution is -2.31. The zero-order chi connectivity index (χ0) is 10.5. The summed E-state index contributed by atoms with van der Waals surface area (Å²) in [6.45, 7) is 11.6. The fraction of sp³-hybridized carbons (Fsp3) is 1.00. The van der Waals surface area contributed by atoms with Crippen molar-refractivity contribution in [3.8, 4) is 0 Å². The Morgan fingerprint density at radius 2 is 1.69 bits per heavy atom. The molecule has 0 aromatic rings. The van der Waals surface area contributed by atoms with Crippen LogP contribution in [-0.4, -0.2) is 18.1 Å². The molecule has 0 fully saturated rings. The van der Waals surface area contributed by atoms with E-state index >= 15 is 0 Å². The Labute approximate surface area is 87.8 Å². The molecular formula is C11H23ClO. The van der Waals surface area contributed by atoms with Gasteiger partial charge in [-0.2, -0.15) is 0 Å². The van der Waals surface area contributed by atoms with E-state index < -0.39 is 0 Å². The van der Waals surface area contributed by atoms with Crippen molar-refractivity contribution in [2.75, 3.05) is 12.5 Å². The highest BCUT2D eigenvalue weighted by molar-refractivity contribution is 6.17. The molecule has 2 heteroatoms. The van der Waals surface area contributed by atoms with E-state index in [1.807, 2.05) is 6.92 Å². The molecule has 0 amide bonds. The molecule has 0 spiro atoms. The van der Waals surface area contributed by atoms with Crippen molar-refractivity contribution >= 4 is 11.6 Å². The molecule has 0 heterocycles. The van der Waals surface area contributed by atoms with Gasteiger partial charge in [0.25, 0.3) is 0 Å². The van der Waals surface area contributed by atoms with Crippen LogP contribution in [0.4, 0.5) is 0 Å². The van der Waals surface area contributed by atoms with Gasteiger partial charge in [0, 0.05) is 12.5 Å². The van der Waals surface area contributed by atoms with Crippen LogP contribution < -0.4 is 0 Å². The van der Waals surface area contributed by atoms with E-state index in [9.17, 15) is 0 Å². The van der Waals surface area contributed by atoms with Crippen molar-refractivity contribution in [1.82, 2.24) is 0 Å². The lowest BCUT2D eigenvalue weighted by molar-refractivity contribution is -0.0401. The molecule has 0 N–H and O–H groups in total. The van der Waals surface area contributed by atoms with Crippen LogP contribution in [0.2, 0.25) is 0 Å². The maximum atomic E-state index is 5.75. The van der Waals surface area contributed by atoms with Crippen molar-refractivity contribution in [3.05, 3.63) is 0 Å². The Morgan fingerprint density at radius 3 is 2.08 bits per heavy atom. The molecule has 1 nitrogen and oxygen atoms in total. The van der Waals surface area contributed by atoms with Gasteiger partial charge < -0.3 is 4.74 Å². The zero-order valence-corrected chi connectivity index (χ0v) is 10.4. The summed E-state index contributed by atoms with van der Waals surface area (Å²) in [6, 6.07) is 0. The van der Waals surface area contributed by atoms with E-state index in [1.165, 1.54) is 0 Å². The summed E-state index contributed by atoms with van der Waals surface area (Å²) in [5, 5.41) is 0. The summed E-state index contributed by atoms with van der Waals surface area (Å²) in [6.07, 6.45) is 2.10. The topological polar surface area (TPSA) is 9.23 Å². The van der Waals surface area contributed by atoms with E-state index in [4.69, 9.17) is 16.3 Å². The molecule has 0 aromatic carbocycles. The van der Waals surface area contributed by atoms with E-state index in [-0.39, 0.29) is 11.0 Å². The van der Waals surface area contributed by atoms with Gasteiger partial charge in [-0.25, -0.2) is 0 Å². The van der Waals surface area contributed by atoms with Gasteiger partial charge in [0.05, 0.1) is 5.60 Å². The van der Waals surface area contributed by atoms with Crippen molar-refractivity contribution in [1.29, 1.82) is 0 Å². The van der Waals surface area contributed by atoms with Crippen LogP contribution in [0.25, 0.3) is 0 Å². The van der Waals surface area contributed by atoms with Crippen molar-refractivity contribution in [2.45, 2.75) is 53.1 Å². The number of hydrogen-bond donors (Lipinski definition) is 0. The molecule has 80 valence electrons. The second-order valence-electron chi connectivity index (χ2n) is 4.97. The fourth-order valence-corrected chi connectivity index (χ4v) is 2.45. The smallest absolute Gasteiger partial charge is 0.0631 e. The minimum absolute atomic E-state index is 0.0235. The summed E-state index contributed by atoms with van der Waals surface area (Å²) in [5.74, 6) is 0.731. The maximum absolute atomic E-state index is 5.75. The lowest BCUT2D eigenvalue weighted by Gasteiger charge is -2.34. The van der Waals surface area contributed by atoms with Crippen LogP contribution >= 0.6 is 11.6 Å². The van der Waals surface area contributed by atoms with E-state index in [1.54, 1.807) is 0 Å². The highest BCUT2D eigenvalue weighted by atomic mass is 35.5. The second kappa shape index (κ2) is 5.21. The van der Waals surface area contributed by atoms with Crippen LogP contribution in [0, 0.1) is 5.41 Å². The van der Waals surface area contributed by atoms with Crippen LogP contribution in [0.3, 0.4) is 0 Å². The molecule has 0 unspecified atom stereocenters. The van der Waals surface area contributed by atoms with Gasteiger partial charge in [-0.05, 0) is 39.0 Å². The van der Waals surface area contributed by atoms with Gasteiger partial charge in [0.2, 0.25) is 0 Å². The molecule has 0 radical (unpaired) electrons. The Hall–Kier alpha value is 0.250. The van der Waals surface area contributed by atoms with Crippen LogP contribution in [0.15, 0.2) is 0 Å². The normalized spacial score (nSPS) is 13.4.